The van der Waals surface area contributed by atoms with Gasteiger partial charge in [-0.2, -0.15) is 0 Å². The Kier molecular flexibility index (Phi) is 6.62. The van der Waals surface area contributed by atoms with Gasteiger partial charge in [-0.3, -0.25) is 0 Å². The van der Waals surface area contributed by atoms with Crippen molar-refractivity contribution in [2.75, 3.05) is 0 Å². The van der Waals surface area contributed by atoms with Gasteiger partial charge in [0.05, 0.1) is 10.2 Å². The number of rotatable bonds is 5. The average molecular weight is 699 g/mol. The lowest BCUT2D eigenvalue weighted by Gasteiger charge is -2.11. The summed E-state index contributed by atoms with van der Waals surface area (Å²) in [4.78, 5) is 20.3. The predicted octanol–water partition coefficient (Wildman–Crippen LogP) is 12.6. The molecule has 0 unspecified atom stereocenters. The Morgan fingerprint density at radius 3 is 1.66 bits per heavy atom. The highest BCUT2D eigenvalue weighted by atomic mass is 32.1. The maximum absolute atomic E-state index is 6.54. The molecule has 11 rings (SSSR count). The van der Waals surface area contributed by atoms with Crippen LogP contribution in [0.1, 0.15) is 0 Å². The first-order valence-corrected chi connectivity index (χ1v) is 18.2. The summed E-state index contributed by atoms with van der Waals surface area (Å²) in [7, 11) is 0. The monoisotopic (exact) mass is 698 g/mol. The normalized spacial score (nSPS) is 11.8. The van der Waals surface area contributed by atoms with Crippen LogP contribution in [-0.2, 0) is 0 Å². The molecule has 53 heavy (non-hydrogen) atoms. The van der Waals surface area contributed by atoms with Crippen molar-refractivity contribution in [2.24, 2.45) is 0 Å². The SMILES string of the molecule is c1ccc(-c2nc(-c3cccc4oc5ccccc5c34)nc(-c3cccc4oc5cccc(-c6ccc(-c7nc8ccccc8s7)cc6)c5c34)n2)cc1. The van der Waals surface area contributed by atoms with Crippen LogP contribution >= 0.6 is 11.3 Å². The molecule has 7 heteroatoms. The molecule has 0 aliphatic carbocycles. The number of thiazole rings is 1. The smallest absolute Gasteiger partial charge is 0.164 e. The predicted molar refractivity (Wildman–Crippen MR) is 215 cm³/mol. The largest absolute Gasteiger partial charge is 0.456 e. The third-order valence-electron chi connectivity index (χ3n) is 9.81. The number of benzene rings is 7. The molecular weight excluding hydrogens is 673 g/mol. The van der Waals surface area contributed by atoms with Crippen LogP contribution < -0.4 is 0 Å². The van der Waals surface area contributed by atoms with E-state index in [-0.39, 0.29) is 0 Å². The van der Waals surface area contributed by atoms with Crippen LogP contribution in [0, 0.1) is 0 Å². The Morgan fingerprint density at radius 1 is 0.358 bits per heavy atom. The van der Waals surface area contributed by atoms with E-state index in [2.05, 4.69) is 66.7 Å². The van der Waals surface area contributed by atoms with Crippen LogP contribution in [-0.4, -0.2) is 19.9 Å². The van der Waals surface area contributed by atoms with E-state index in [1.807, 2.05) is 91.0 Å². The number of hydrogen-bond donors (Lipinski definition) is 0. The lowest BCUT2D eigenvalue weighted by Crippen LogP contribution is -2.00. The van der Waals surface area contributed by atoms with Gasteiger partial charge in [-0.1, -0.05) is 121 Å². The van der Waals surface area contributed by atoms with Crippen LogP contribution in [0.25, 0.3) is 110 Å². The average Bonchev–Trinajstić information content (AvgIpc) is 3.94. The van der Waals surface area contributed by atoms with Crippen molar-refractivity contribution in [1.82, 2.24) is 19.9 Å². The Balaban J connectivity index is 1.12. The molecule has 0 bridgehead atoms. The number of para-hydroxylation sites is 2. The lowest BCUT2D eigenvalue weighted by atomic mass is 9.96. The highest BCUT2D eigenvalue weighted by Crippen LogP contribution is 2.43. The zero-order chi connectivity index (χ0) is 34.9. The molecule has 0 fully saturated rings. The summed E-state index contributed by atoms with van der Waals surface area (Å²) >= 11 is 1.71. The Hall–Kier alpha value is -6.96. The van der Waals surface area contributed by atoms with E-state index in [1.54, 1.807) is 11.3 Å². The molecule has 0 radical (unpaired) electrons. The summed E-state index contributed by atoms with van der Waals surface area (Å²) in [6, 6.07) is 53.4. The quantitative estimate of drug-likeness (QED) is 0.178. The van der Waals surface area contributed by atoms with E-state index in [0.29, 0.717) is 17.5 Å². The first kappa shape index (κ1) is 29.7. The molecule has 7 aromatic carbocycles. The first-order chi connectivity index (χ1) is 26.2. The van der Waals surface area contributed by atoms with Crippen LogP contribution in [0.5, 0.6) is 0 Å². The second kappa shape index (κ2) is 11.8. The molecule has 11 aromatic rings. The van der Waals surface area contributed by atoms with Crippen molar-refractivity contribution in [3.63, 3.8) is 0 Å². The van der Waals surface area contributed by atoms with Gasteiger partial charge in [-0.05, 0) is 47.5 Å². The molecule has 248 valence electrons. The van der Waals surface area contributed by atoms with Gasteiger partial charge in [0.1, 0.15) is 27.3 Å². The van der Waals surface area contributed by atoms with E-state index < -0.39 is 0 Å². The van der Waals surface area contributed by atoms with E-state index in [1.165, 1.54) is 4.70 Å². The maximum atomic E-state index is 6.54. The van der Waals surface area contributed by atoms with Crippen molar-refractivity contribution in [3.05, 3.63) is 158 Å². The van der Waals surface area contributed by atoms with Crippen molar-refractivity contribution in [1.29, 1.82) is 0 Å². The Labute approximate surface area is 306 Å². The molecular formula is C46H26N4O2S. The lowest BCUT2D eigenvalue weighted by molar-refractivity contribution is 0.668. The van der Waals surface area contributed by atoms with Gasteiger partial charge < -0.3 is 8.83 Å². The van der Waals surface area contributed by atoms with Gasteiger partial charge >= 0.3 is 0 Å². The minimum Gasteiger partial charge on any atom is -0.456 e. The molecule has 0 aliphatic rings. The fourth-order valence-electron chi connectivity index (χ4n) is 7.38. The third kappa shape index (κ3) is 4.86. The zero-order valence-electron chi connectivity index (χ0n) is 28.0. The van der Waals surface area contributed by atoms with Crippen LogP contribution in [0.15, 0.2) is 167 Å². The van der Waals surface area contributed by atoms with Crippen molar-refractivity contribution in [3.8, 4) is 55.9 Å². The molecule has 6 nitrogen and oxygen atoms in total. The highest BCUT2D eigenvalue weighted by Gasteiger charge is 2.22. The van der Waals surface area contributed by atoms with E-state index in [9.17, 15) is 0 Å². The molecule has 0 saturated heterocycles. The van der Waals surface area contributed by atoms with Gasteiger partial charge in [0.2, 0.25) is 0 Å². The van der Waals surface area contributed by atoms with E-state index in [4.69, 9.17) is 28.8 Å². The van der Waals surface area contributed by atoms with Crippen molar-refractivity contribution >= 4 is 65.4 Å². The zero-order valence-corrected chi connectivity index (χ0v) is 28.8. The van der Waals surface area contributed by atoms with Gasteiger partial charge in [0.15, 0.2) is 17.5 Å². The van der Waals surface area contributed by atoms with E-state index >= 15 is 0 Å². The number of hydrogen-bond acceptors (Lipinski definition) is 7. The number of furan rings is 2. The van der Waals surface area contributed by atoms with Crippen LogP contribution in [0.4, 0.5) is 0 Å². The molecule has 4 aromatic heterocycles. The minimum absolute atomic E-state index is 0.563. The van der Waals surface area contributed by atoms with Gasteiger partial charge in [-0.25, -0.2) is 19.9 Å². The van der Waals surface area contributed by atoms with Gasteiger partial charge in [0, 0.05) is 43.8 Å². The fourth-order valence-corrected chi connectivity index (χ4v) is 8.35. The topological polar surface area (TPSA) is 77.8 Å². The summed E-state index contributed by atoms with van der Waals surface area (Å²) in [5.74, 6) is 1.72. The van der Waals surface area contributed by atoms with Crippen molar-refractivity contribution < 1.29 is 8.83 Å². The molecule has 0 atom stereocenters. The summed E-state index contributed by atoms with van der Waals surface area (Å²) in [6.45, 7) is 0. The fraction of sp³-hybridized carbons (Fsp3) is 0. The molecule has 0 N–H and O–H groups in total. The van der Waals surface area contributed by atoms with Gasteiger partial charge in [-0.15, -0.1) is 11.3 Å². The molecule has 0 amide bonds. The third-order valence-corrected chi connectivity index (χ3v) is 10.9. The molecule has 0 saturated carbocycles. The number of aromatic nitrogens is 4. The van der Waals surface area contributed by atoms with Crippen LogP contribution in [0.3, 0.4) is 0 Å². The molecule has 4 heterocycles. The first-order valence-electron chi connectivity index (χ1n) is 17.4. The maximum Gasteiger partial charge on any atom is 0.164 e. The summed E-state index contributed by atoms with van der Waals surface area (Å²) in [5, 5.41) is 4.96. The summed E-state index contributed by atoms with van der Waals surface area (Å²) in [6.07, 6.45) is 0. The van der Waals surface area contributed by atoms with Gasteiger partial charge in [0.25, 0.3) is 0 Å². The van der Waals surface area contributed by atoms with Crippen LogP contribution in [0.2, 0.25) is 0 Å². The van der Waals surface area contributed by atoms with Crippen molar-refractivity contribution in [2.45, 2.75) is 0 Å². The second-order valence-corrected chi connectivity index (χ2v) is 14.0. The Morgan fingerprint density at radius 2 is 0.906 bits per heavy atom. The second-order valence-electron chi connectivity index (χ2n) is 13.0. The molecule has 0 spiro atoms. The standard InChI is InChI=1S/C46H26N4O2S/c1-2-11-28(12-3-1)43-48-44(32-15-9-19-36-40(32)31-13-4-6-18-35(31)51-36)50-45(49-43)33-16-10-21-38-42(33)41-30(14-8-20-37(41)52-38)27-23-25-29(26-24-27)46-47-34-17-5-7-22-39(34)53-46/h1-26H. The summed E-state index contributed by atoms with van der Waals surface area (Å²) in [5.41, 5.74) is 10.1. The number of nitrogens with zero attached hydrogens (tertiary/aromatic N) is 4. The number of fused-ring (bicyclic) bond motifs is 7. The van der Waals surface area contributed by atoms with E-state index in [0.717, 1.165) is 87.8 Å². The summed E-state index contributed by atoms with van der Waals surface area (Å²) < 4.78 is 14.0. The highest BCUT2D eigenvalue weighted by molar-refractivity contribution is 7.21. The molecule has 0 aliphatic heterocycles. The Bertz CT molecular complexity index is 3150. The minimum atomic E-state index is 0.563.